The number of methoxy groups -OCH3 is 1. The zero-order chi connectivity index (χ0) is 22.9. The Kier molecular flexibility index (Phi) is 5.86. The van der Waals surface area contributed by atoms with Crippen molar-refractivity contribution in [1.82, 2.24) is 14.8 Å². The molecule has 10 heteroatoms. The molecule has 0 aliphatic heterocycles. The van der Waals surface area contributed by atoms with E-state index in [0.717, 1.165) is 55.0 Å². The van der Waals surface area contributed by atoms with E-state index in [-0.39, 0.29) is 17.7 Å². The van der Waals surface area contributed by atoms with Gasteiger partial charge < -0.3 is 14.8 Å². The molecule has 0 saturated heterocycles. The Morgan fingerprint density at radius 2 is 1.97 bits per heavy atom. The summed E-state index contributed by atoms with van der Waals surface area (Å²) in [5.74, 6) is -0.344. The van der Waals surface area contributed by atoms with Crippen molar-refractivity contribution in [2.75, 3.05) is 12.4 Å². The fourth-order valence-corrected chi connectivity index (χ4v) is 4.02. The Balaban J connectivity index is 1.60. The van der Waals surface area contributed by atoms with Gasteiger partial charge in [0, 0.05) is 17.4 Å². The number of hydrogen-bond donors (Lipinski definition) is 1. The molecule has 32 heavy (non-hydrogen) atoms. The van der Waals surface area contributed by atoms with Crippen molar-refractivity contribution in [3.05, 3.63) is 47.9 Å². The molecule has 4 rings (SSSR count). The number of nitrogens with zero attached hydrogens (tertiary/aromatic N) is 3. The minimum absolute atomic E-state index is 0.0916. The number of anilines is 1. The van der Waals surface area contributed by atoms with Crippen molar-refractivity contribution in [2.45, 2.75) is 37.9 Å². The molecular weight excluding hydrogens is 425 g/mol. The van der Waals surface area contributed by atoms with Crippen LogP contribution in [0.3, 0.4) is 0 Å². The molecule has 2 aromatic heterocycles. The van der Waals surface area contributed by atoms with Crippen LogP contribution in [0.4, 0.5) is 18.9 Å². The highest BCUT2D eigenvalue weighted by molar-refractivity contribution is 6.05. The highest BCUT2D eigenvalue weighted by Gasteiger charge is 2.33. The Labute approximate surface area is 181 Å². The second-order valence-corrected chi connectivity index (χ2v) is 7.77. The number of pyridine rings is 1. The van der Waals surface area contributed by atoms with Gasteiger partial charge in [-0.25, -0.2) is 4.98 Å². The standard InChI is InChI=1S/C22H21F3N4O3/c1-32-19-10-18-14(11-26-29(18)15-7-5-13(12-30)6-8-15)9-17(19)28-21(31)16-3-2-4-20(27-16)22(23,24)25/h2-4,9-13,15H,5-8H2,1H3,(H,28,31). The van der Waals surface area contributed by atoms with E-state index in [0.29, 0.717) is 11.4 Å². The van der Waals surface area contributed by atoms with Gasteiger partial charge in [-0.2, -0.15) is 18.3 Å². The summed E-state index contributed by atoms with van der Waals surface area (Å²) in [4.78, 5) is 27.0. The molecule has 0 atom stereocenters. The maximum atomic E-state index is 12.9. The maximum Gasteiger partial charge on any atom is 0.433 e. The zero-order valence-electron chi connectivity index (χ0n) is 17.2. The van der Waals surface area contributed by atoms with Crippen LogP contribution in [0.25, 0.3) is 10.9 Å². The van der Waals surface area contributed by atoms with Gasteiger partial charge >= 0.3 is 6.18 Å². The van der Waals surface area contributed by atoms with Crippen molar-refractivity contribution in [2.24, 2.45) is 5.92 Å². The van der Waals surface area contributed by atoms with E-state index in [4.69, 9.17) is 4.74 Å². The minimum Gasteiger partial charge on any atom is -0.494 e. The second kappa shape index (κ2) is 8.60. The van der Waals surface area contributed by atoms with E-state index in [1.165, 1.54) is 13.2 Å². The number of aromatic nitrogens is 3. The predicted molar refractivity (Wildman–Crippen MR) is 111 cm³/mol. The van der Waals surface area contributed by atoms with Crippen LogP contribution in [-0.4, -0.2) is 34.1 Å². The van der Waals surface area contributed by atoms with Crippen molar-refractivity contribution in [3.63, 3.8) is 0 Å². The lowest BCUT2D eigenvalue weighted by Gasteiger charge is -2.26. The van der Waals surface area contributed by atoms with Crippen LogP contribution in [0.5, 0.6) is 5.75 Å². The van der Waals surface area contributed by atoms with Crippen LogP contribution in [-0.2, 0) is 11.0 Å². The molecular formula is C22H21F3N4O3. The summed E-state index contributed by atoms with van der Waals surface area (Å²) in [5.41, 5.74) is -0.386. The predicted octanol–water partition coefficient (Wildman–Crippen LogP) is 4.64. The molecule has 1 aromatic carbocycles. The average molecular weight is 446 g/mol. The summed E-state index contributed by atoms with van der Waals surface area (Å²) in [6.07, 6.45) is 1.32. The summed E-state index contributed by atoms with van der Waals surface area (Å²) in [7, 11) is 1.44. The van der Waals surface area contributed by atoms with E-state index >= 15 is 0 Å². The number of fused-ring (bicyclic) bond motifs is 1. The topological polar surface area (TPSA) is 86.1 Å². The highest BCUT2D eigenvalue weighted by Crippen LogP contribution is 2.36. The smallest absolute Gasteiger partial charge is 0.433 e. The van der Waals surface area contributed by atoms with Gasteiger partial charge in [-0.15, -0.1) is 0 Å². The van der Waals surface area contributed by atoms with Gasteiger partial charge in [0.1, 0.15) is 23.4 Å². The number of ether oxygens (including phenoxy) is 1. The van der Waals surface area contributed by atoms with Crippen molar-refractivity contribution >= 4 is 28.8 Å². The third kappa shape index (κ3) is 4.30. The monoisotopic (exact) mass is 446 g/mol. The van der Waals surface area contributed by atoms with Gasteiger partial charge in [-0.05, 0) is 43.9 Å². The van der Waals surface area contributed by atoms with Gasteiger partial charge in [0.25, 0.3) is 5.91 Å². The molecule has 1 aliphatic carbocycles. The molecule has 3 aromatic rings. The molecule has 1 aliphatic rings. The number of nitrogens with one attached hydrogen (secondary N) is 1. The van der Waals surface area contributed by atoms with Crippen molar-refractivity contribution < 1.29 is 27.5 Å². The number of rotatable bonds is 5. The second-order valence-electron chi connectivity index (χ2n) is 7.77. The number of alkyl halides is 3. The number of carbonyl (C=O) groups is 2. The lowest BCUT2D eigenvalue weighted by molar-refractivity contribution is -0.141. The molecule has 1 amide bonds. The molecule has 2 heterocycles. The summed E-state index contributed by atoms with van der Waals surface area (Å²) < 4.78 is 46.0. The van der Waals surface area contributed by atoms with E-state index in [2.05, 4.69) is 15.4 Å². The summed E-state index contributed by atoms with van der Waals surface area (Å²) in [5, 5.41) is 7.81. The number of amides is 1. The van der Waals surface area contributed by atoms with Gasteiger partial charge in [0.15, 0.2) is 0 Å². The first kappa shape index (κ1) is 21.8. The Morgan fingerprint density at radius 1 is 1.22 bits per heavy atom. The lowest BCUT2D eigenvalue weighted by atomic mass is 9.87. The fourth-order valence-electron chi connectivity index (χ4n) is 4.02. The molecule has 0 unspecified atom stereocenters. The first-order valence-corrected chi connectivity index (χ1v) is 10.2. The van der Waals surface area contributed by atoms with E-state index in [9.17, 15) is 22.8 Å². The third-order valence-electron chi connectivity index (χ3n) is 5.72. The fraction of sp³-hybridized carbons (Fsp3) is 0.364. The van der Waals surface area contributed by atoms with Crippen LogP contribution in [0.2, 0.25) is 0 Å². The Bertz CT molecular complexity index is 1150. The van der Waals surface area contributed by atoms with Crippen molar-refractivity contribution in [3.8, 4) is 5.75 Å². The Hall–Kier alpha value is -3.43. The molecule has 1 saturated carbocycles. The van der Waals surface area contributed by atoms with Crippen LogP contribution in [0.1, 0.15) is 47.9 Å². The minimum atomic E-state index is -4.65. The number of benzene rings is 1. The van der Waals surface area contributed by atoms with Gasteiger partial charge in [-0.3, -0.25) is 9.48 Å². The largest absolute Gasteiger partial charge is 0.494 e. The number of hydrogen-bond acceptors (Lipinski definition) is 5. The lowest BCUT2D eigenvalue weighted by Crippen LogP contribution is -2.19. The third-order valence-corrected chi connectivity index (χ3v) is 5.72. The van der Waals surface area contributed by atoms with E-state index < -0.39 is 17.8 Å². The molecule has 0 spiro atoms. The highest BCUT2D eigenvalue weighted by atomic mass is 19.4. The molecule has 1 fully saturated rings. The van der Waals surface area contributed by atoms with Gasteiger partial charge in [0.05, 0.1) is 30.6 Å². The van der Waals surface area contributed by atoms with Crippen LogP contribution in [0.15, 0.2) is 36.5 Å². The van der Waals surface area contributed by atoms with Gasteiger partial charge in [0.2, 0.25) is 0 Å². The number of halogens is 3. The molecule has 0 bridgehead atoms. The van der Waals surface area contributed by atoms with E-state index in [1.54, 1.807) is 18.3 Å². The number of carbonyl (C=O) groups excluding carboxylic acids is 2. The quantitative estimate of drug-likeness (QED) is 0.577. The maximum absolute atomic E-state index is 12.9. The average Bonchev–Trinajstić information content (AvgIpc) is 3.20. The summed E-state index contributed by atoms with van der Waals surface area (Å²) in [6.45, 7) is 0. The van der Waals surface area contributed by atoms with Crippen molar-refractivity contribution in [1.29, 1.82) is 0 Å². The SMILES string of the molecule is COc1cc2c(cnn2C2CCC(C=O)CC2)cc1NC(=O)c1cccc(C(F)(F)F)n1. The van der Waals surface area contributed by atoms with E-state index in [1.807, 2.05) is 4.68 Å². The van der Waals surface area contributed by atoms with Gasteiger partial charge in [-0.1, -0.05) is 6.07 Å². The normalized spacial score (nSPS) is 19.0. The first-order chi connectivity index (χ1) is 15.3. The number of aldehydes is 1. The first-order valence-electron chi connectivity index (χ1n) is 10.2. The molecule has 7 nitrogen and oxygen atoms in total. The molecule has 168 valence electrons. The Morgan fingerprint density at radius 3 is 2.62 bits per heavy atom. The van der Waals surface area contributed by atoms with Crippen LogP contribution < -0.4 is 10.1 Å². The molecule has 0 radical (unpaired) electrons. The summed E-state index contributed by atoms with van der Waals surface area (Å²) in [6, 6.07) is 6.71. The van der Waals surface area contributed by atoms with Crippen LogP contribution >= 0.6 is 0 Å². The summed E-state index contributed by atoms with van der Waals surface area (Å²) >= 11 is 0. The molecule has 1 N–H and O–H groups in total. The van der Waals surface area contributed by atoms with Crippen LogP contribution in [0, 0.1) is 5.92 Å². The zero-order valence-corrected chi connectivity index (χ0v) is 17.2.